The first-order valence-corrected chi connectivity index (χ1v) is 8.85. The second-order valence-corrected chi connectivity index (χ2v) is 7.95. The highest BCUT2D eigenvalue weighted by molar-refractivity contribution is 6.30. The largest absolute Gasteiger partial charge is 0.299 e. The molecule has 0 heterocycles. The standard InChI is InChI=1S/C16H24Cl2O/c17-14-7-5-10(9-15(14)18)11-6-8-16(19)13-4-2-1-3-12(11)13/h10-15H,1-9H2/t10?,11-,12?,13?,14?,15?/m0/s1. The maximum Gasteiger partial charge on any atom is 0.136 e. The summed E-state index contributed by atoms with van der Waals surface area (Å²) in [5.41, 5.74) is 0. The number of carbonyl (C=O) groups is 1. The van der Waals surface area contributed by atoms with Gasteiger partial charge in [-0.25, -0.2) is 0 Å². The average Bonchev–Trinajstić information content (AvgIpc) is 2.43. The van der Waals surface area contributed by atoms with Crippen molar-refractivity contribution < 1.29 is 4.79 Å². The van der Waals surface area contributed by atoms with Crippen molar-refractivity contribution in [1.29, 1.82) is 0 Å². The van der Waals surface area contributed by atoms with Crippen molar-refractivity contribution in [2.75, 3.05) is 0 Å². The van der Waals surface area contributed by atoms with Crippen LogP contribution in [0.1, 0.15) is 57.8 Å². The van der Waals surface area contributed by atoms with Crippen LogP contribution in [-0.4, -0.2) is 16.5 Å². The fourth-order valence-electron chi connectivity index (χ4n) is 4.86. The molecule has 3 heteroatoms. The van der Waals surface area contributed by atoms with Crippen LogP contribution in [0.15, 0.2) is 0 Å². The highest BCUT2D eigenvalue weighted by Gasteiger charge is 2.44. The Morgan fingerprint density at radius 2 is 1.63 bits per heavy atom. The lowest BCUT2D eigenvalue weighted by molar-refractivity contribution is -0.131. The van der Waals surface area contributed by atoms with Crippen LogP contribution in [0.25, 0.3) is 0 Å². The molecule has 19 heavy (non-hydrogen) atoms. The van der Waals surface area contributed by atoms with Crippen LogP contribution in [0.2, 0.25) is 0 Å². The van der Waals surface area contributed by atoms with Gasteiger partial charge in [0.1, 0.15) is 5.78 Å². The summed E-state index contributed by atoms with van der Waals surface area (Å²) in [6.07, 6.45) is 10.3. The lowest BCUT2D eigenvalue weighted by Crippen LogP contribution is -2.42. The van der Waals surface area contributed by atoms with Crippen LogP contribution in [0.5, 0.6) is 0 Å². The molecule has 0 aliphatic heterocycles. The molecule has 0 aromatic carbocycles. The molecule has 3 fully saturated rings. The molecule has 3 aliphatic carbocycles. The summed E-state index contributed by atoms with van der Waals surface area (Å²) in [5, 5.41) is 0.297. The van der Waals surface area contributed by atoms with Crippen molar-refractivity contribution in [2.45, 2.75) is 68.5 Å². The first kappa shape index (κ1) is 14.2. The first-order chi connectivity index (χ1) is 9.16. The highest BCUT2D eigenvalue weighted by Crippen LogP contribution is 2.49. The van der Waals surface area contributed by atoms with Gasteiger partial charge in [-0.2, -0.15) is 0 Å². The van der Waals surface area contributed by atoms with Gasteiger partial charge in [0.25, 0.3) is 0 Å². The summed E-state index contributed by atoms with van der Waals surface area (Å²) < 4.78 is 0. The second kappa shape index (κ2) is 5.93. The van der Waals surface area contributed by atoms with Crippen LogP contribution in [0, 0.1) is 23.7 Å². The molecule has 5 unspecified atom stereocenters. The third kappa shape index (κ3) is 2.83. The van der Waals surface area contributed by atoms with E-state index in [-0.39, 0.29) is 10.8 Å². The molecule has 0 spiro atoms. The van der Waals surface area contributed by atoms with E-state index in [1.54, 1.807) is 0 Å². The second-order valence-electron chi connectivity index (χ2n) is 6.83. The molecule has 1 nitrogen and oxygen atoms in total. The van der Waals surface area contributed by atoms with Crippen molar-refractivity contribution in [1.82, 2.24) is 0 Å². The Balaban J connectivity index is 1.71. The Bertz CT molecular complexity index is 344. The SMILES string of the molecule is O=C1CC[C@@H](C2CCC(Cl)C(Cl)C2)C2CCCCC12. The average molecular weight is 303 g/mol. The summed E-state index contributed by atoms with van der Waals surface area (Å²) in [6.45, 7) is 0. The van der Waals surface area contributed by atoms with Gasteiger partial charge in [0.2, 0.25) is 0 Å². The van der Waals surface area contributed by atoms with Gasteiger partial charge in [-0.15, -0.1) is 23.2 Å². The fourth-order valence-corrected chi connectivity index (χ4v) is 5.45. The molecule has 0 saturated heterocycles. The van der Waals surface area contributed by atoms with E-state index in [1.165, 1.54) is 25.7 Å². The monoisotopic (exact) mass is 302 g/mol. The lowest BCUT2D eigenvalue weighted by Gasteiger charge is -2.46. The Kier molecular flexibility index (Phi) is 4.43. The minimum atomic E-state index is 0.139. The number of fused-ring (bicyclic) bond motifs is 1. The van der Waals surface area contributed by atoms with Crippen LogP contribution in [-0.2, 0) is 4.79 Å². The van der Waals surface area contributed by atoms with E-state index in [0.717, 1.165) is 43.9 Å². The Morgan fingerprint density at radius 3 is 2.42 bits per heavy atom. The highest BCUT2D eigenvalue weighted by atomic mass is 35.5. The normalized spacial score (nSPS) is 47.8. The quantitative estimate of drug-likeness (QED) is 0.637. The maximum atomic E-state index is 12.1. The summed E-state index contributed by atoms with van der Waals surface area (Å²) in [7, 11) is 0. The van der Waals surface area contributed by atoms with Crippen molar-refractivity contribution in [2.24, 2.45) is 23.7 Å². The lowest BCUT2D eigenvalue weighted by atomic mass is 9.59. The van der Waals surface area contributed by atoms with E-state index in [0.29, 0.717) is 17.6 Å². The Hall–Kier alpha value is 0.250. The number of Topliss-reactive ketones (excluding diaryl/α,β-unsaturated/α-hetero) is 1. The van der Waals surface area contributed by atoms with E-state index in [2.05, 4.69) is 0 Å². The molecule has 3 rings (SSSR count). The summed E-state index contributed by atoms with van der Waals surface area (Å²) in [6, 6.07) is 0. The third-order valence-electron chi connectivity index (χ3n) is 5.85. The van der Waals surface area contributed by atoms with Gasteiger partial charge in [0.05, 0.1) is 5.38 Å². The summed E-state index contributed by atoms with van der Waals surface area (Å²) >= 11 is 12.6. The maximum absolute atomic E-state index is 12.1. The zero-order valence-corrected chi connectivity index (χ0v) is 13.0. The predicted molar refractivity (Wildman–Crippen MR) is 79.8 cm³/mol. The minimum Gasteiger partial charge on any atom is -0.299 e. The van der Waals surface area contributed by atoms with Crippen molar-refractivity contribution in [3.63, 3.8) is 0 Å². The topological polar surface area (TPSA) is 17.1 Å². The predicted octanol–water partition coefficient (Wildman–Crippen LogP) is 4.79. The van der Waals surface area contributed by atoms with Crippen LogP contribution < -0.4 is 0 Å². The molecular formula is C16H24Cl2O. The van der Waals surface area contributed by atoms with E-state index < -0.39 is 0 Å². The number of halogens is 2. The number of carbonyl (C=O) groups excluding carboxylic acids is 1. The fraction of sp³-hybridized carbons (Fsp3) is 0.938. The summed E-state index contributed by atoms with van der Waals surface area (Å²) in [5.74, 6) is 3.06. The van der Waals surface area contributed by atoms with Crippen LogP contribution in [0.4, 0.5) is 0 Å². The molecule has 0 N–H and O–H groups in total. The molecule has 0 bridgehead atoms. The van der Waals surface area contributed by atoms with Gasteiger partial charge in [-0.3, -0.25) is 4.79 Å². The van der Waals surface area contributed by atoms with Gasteiger partial charge in [-0.1, -0.05) is 12.8 Å². The van der Waals surface area contributed by atoms with E-state index in [9.17, 15) is 4.79 Å². The number of hydrogen-bond acceptors (Lipinski definition) is 1. The molecule has 0 aromatic rings. The Morgan fingerprint density at radius 1 is 0.842 bits per heavy atom. The van der Waals surface area contributed by atoms with Crippen molar-refractivity contribution >= 4 is 29.0 Å². The molecule has 0 amide bonds. The molecule has 0 radical (unpaired) electrons. The number of hydrogen-bond donors (Lipinski definition) is 0. The van der Waals surface area contributed by atoms with Gasteiger partial charge in [-0.05, 0) is 56.3 Å². The zero-order chi connectivity index (χ0) is 13.4. The van der Waals surface area contributed by atoms with E-state index in [4.69, 9.17) is 23.2 Å². The Labute approximate surface area is 126 Å². The van der Waals surface area contributed by atoms with Gasteiger partial charge in [0, 0.05) is 17.7 Å². The molecule has 0 aromatic heterocycles. The smallest absolute Gasteiger partial charge is 0.136 e. The molecule has 3 aliphatic rings. The molecule has 6 atom stereocenters. The van der Waals surface area contributed by atoms with E-state index in [1.807, 2.05) is 0 Å². The van der Waals surface area contributed by atoms with Crippen LogP contribution in [0.3, 0.4) is 0 Å². The van der Waals surface area contributed by atoms with Gasteiger partial charge < -0.3 is 0 Å². The first-order valence-electron chi connectivity index (χ1n) is 7.97. The van der Waals surface area contributed by atoms with Crippen LogP contribution >= 0.6 is 23.2 Å². The van der Waals surface area contributed by atoms with E-state index >= 15 is 0 Å². The number of rotatable bonds is 1. The minimum absolute atomic E-state index is 0.139. The number of alkyl halides is 2. The number of ketones is 1. The third-order valence-corrected chi connectivity index (χ3v) is 6.98. The van der Waals surface area contributed by atoms with Gasteiger partial charge in [0.15, 0.2) is 0 Å². The molecular weight excluding hydrogens is 279 g/mol. The molecule has 3 saturated carbocycles. The van der Waals surface area contributed by atoms with Gasteiger partial charge >= 0.3 is 0 Å². The molecule has 108 valence electrons. The van der Waals surface area contributed by atoms with Crippen molar-refractivity contribution in [3.8, 4) is 0 Å². The zero-order valence-electron chi connectivity index (χ0n) is 11.5. The van der Waals surface area contributed by atoms with Crippen molar-refractivity contribution in [3.05, 3.63) is 0 Å². The summed E-state index contributed by atoms with van der Waals surface area (Å²) in [4.78, 5) is 12.1.